The van der Waals surface area contributed by atoms with Crippen molar-refractivity contribution >= 4 is 15.7 Å². The minimum absolute atomic E-state index is 0.303. The Balaban J connectivity index is 1.91. The van der Waals surface area contributed by atoms with Crippen LogP contribution in [0.25, 0.3) is 0 Å². The van der Waals surface area contributed by atoms with E-state index in [-0.39, 0.29) is 11.1 Å². The van der Waals surface area contributed by atoms with E-state index in [1.807, 2.05) is 13.8 Å². The van der Waals surface area contributed by atoms with E-state index < -0.39 is 26.9 Å². The normalized spacial score (nSPS) is 16.5. The molecule has 1 aliphatic carbocycles. The van der Waals surface area contributed by atoms with Crippen molar-refractivity contribution in [2.24, 2.45) is 0 Å². The van der Waals surface area contributed by atoms with Crippen molar-refractivity contribution in [1.82, 2.24) is 5.32 Å². The Hall–Kier alpha value is -1.43. The maximum Gasteiger partial charge on any atom is 0.235 e. The Labute approximate surface area is 137 Å². The van der Waals surface area contributed by atoms with Gasteiger partial charge in [0.25, 0.3) is 0 Å². The number of hydrogen-bond donors (Lipinski definition) is 1. The van der Waals surface area contributed by atoms with Crippen molar-refractivity contribution in [1.29, 1.82) is 0 Å². The summed E-state index contributed by atoms with van der Waals surface area (Å²) < 4.78 is 37.3. The Bertz CT molecular complexity index is 647. The van der Waals surface area contributed by atoms with Crippen LogP contribution in [-0.4, -0.2) is 31.9 Å². The second kappa shape index (κ2) is 6.99. The summed E-state index contributed by atoms with van der Waals surface area (Å²) in [6.07, 6.45) is 3.17. The molecule has 0 bridgehead atoms. The van der Waals surface area contributed by atoms with Crippen molar-refractivity contribution in [3.8, 4) is 0 Å². The SMILES string of the molecule is CC(C)(CNC(=O)CS(=O)(=O)C1CCCC1)c1ccc(F)cc1. The van der Waals surface area contributed by atoms with Crippen LogP contribution < -0.4 is 5.32 Å². The summed E-state index contributed by atoms with van der Waals surface area (Å²) in [6, 6.07) is 6.11. The molecular weight excluding hydrogens is 317 g/mol. The Kier molecular flexibility index (Phi) is 5.45. The van der Waals surface area contributed by atoms with Gasteiger partial charge in [-0.15, -0.1) is 0 Å². The molecule has 0 radical (unpaired) electrons. The molecule has 0 saturated heterocycles. The first kappa shape index (κ1) is 17.9. The number of benzene rings is 1. The van der Waals surface area contributed by atoms with Crippen LogP contribution in [0, 0.1) is 5.82 Å². The van der Waals surface area contributed by atoms with Gasteiger partial charge in [-0.05, 0) is 30.5 Å². The lowest BCUT2D eigenvalue weighted by atomic mass is 9.84. The van der Waals surface area contributed by atoms with Crippen LogP contribution in [0.5, 0.6) is 0 Å². The van der Waals surface area contributed by atoms with Crippen LogP contribution in [0.3, 0.4) is 0 Å². The molecule has 4 nitrogen and oxygen atoms in total. The molecular formula is C17H24FNO3S. The predicted molar refractivity (Wildman–Crippen MR) is 88.5 cm³/mol. The topological polar surface area (TPSA) is 63.2 Å². The lowest BCUT2D eigenvalue weighted by molar-refractivity contribution is -0.118. The van der Waals surface area contributed by atoms with Gasteiger partial charge in [-0.25, -0.2) is 12.8 Å². The van der Waals surface area contributed by atoms with Crippen LogP contribution in [0.2, 0.25) is 0 Å². The van der Waals surface area contributed by atoms with Gasteiger partial charge in [-0.2, -0.15) is 0 Å². The molecule has 1 aromatic carbocycles. The number of halogens is 1. The summed E-state index contributed by atoms with van der Waals surface area (Å²) in [5.41, 5.74) is 0.485. The molecule has 1 saturated carbocycles. The third-order valence-corrected chi connectivity index (χ3v) is 6.65. The molecule has 0 atom stereocenters. The molecule has 0 spiro atoms. The second-order valence-corrected chi connectivity index (χ2v) is 9.16. The van der Waals surface area contributed by atoms with Crippen LogP contribution in [-0.2, 0) is 20.0 Å². The molecule has 0 aliphatic heterocycles. The van der Waals surface area contributed by atoms with Crippen molar-refractivity contribution in [2.75, 3.05) is 12.3 Å². The summed E-state index contributed by atoms with van der Waals surface area (Å²) in [6.45, 7) is 4.15. The van der Waals surface area contributed by atoms with Crippen molar-refractivity contribution in [3.05, 3.63) is 35.6 Å². The molecule has 0 unspecified atom stereocenters. The minimum Gasteiger partial charge on any atom is -0.354 e. The summed E-state index contributed by atoms with van der Waals surface area (Å²) in [5.74, 6) is -1.22. The molecule has 23 heavy (non-hydrogen) atoms. The number of amides is 1. The molecule has 1 aliphatic rings. The fraction of sp³-hybridized carbons (Fsp3) is 0.588. The molecule has 1 N–H and O–H groups in total. The van der Waals surface area contributed by atoms with E-state index in [1.165, 1.54) is 12.1 Å². The molecule has 2 rings (SSSR count). The highest BCUT2D eigenvalue weighted by molar-refractivity contribution is 7.92. The highest BCUT2D eigenvalue weighted by Gasteiger charge is 2.31. The summed E-state index contributed by atoms with van der Waals surface area (Å²) in [5, 5.41) is 2.34. The molecule has 128 valence electrons. The first-order valence-corrected chi connectivity index (χ1v) is 9.66. The third-order valence-electron chi connectivity index (χ3n) is 4.50. The molecule has 1 aromatic rings. The zero-order chi connectivity index (χ0) is 17.1. The van der Waals surface area contributed by atoms with Gasteiger partial charge in [0.15, 0.2) is 9.84 Å². The molecule has 6 heteroatoms. The van der Waals surface area contributed by atoms with Crippen molar-refractivity contribution in [3.63, 3.8) is 0 Å². The predicted octanol–water partition coefficient (Wildman–Crippen LogP) is 2.58. The van der Waals surface area contributed by atoms with E-state index in [1.54, 1.807) is 12.1 Å². The van der Waals surface area contributed by atoms with Crippen LogP contribution in [0.15, 0.2) is 24.3 Å². The van der Waals surface area contributed by atoms with E-state index in [0.29, 0.717) is 19.4 Å². The zero-order valence-corrected chi connectivity index (χ0v) is 14.5. The van der Waals surface area contributed by atoms with Gasteiger partial charge in [0.1, 0.15) is 11.6 Å². The zero-order valence-electron chi connectivity index (χ0n) is 13.6. The van der Waals surface area contributed by atoms with Crippen molar-refractivity contribution < 1.29 is 17.6 Å². The van der Waals surface area contributed by atoms with Gasteiger partial charge in [-0.3, -0.25) is 4.79 Å². The Morgan fingerprint density at radius 3 is 2.35 bits per heavy atom. The van der Waals surface area contributed by atoms with Gasteiger partial charge in [0.2, 0.25) is 5.91 Å². The van der Waals surface area contributed by atoms with Crippen LogP contribution in [0.4, 0.5) is 4.39 Å². The maximum atomic E-state index is 13.0. The number of carbonyl (C=O) groups excluding carboxylic acids is 1. The van der Waals surface area contributed by atoms with Crippen LogP contribution >= 0.6 is 0 Å². The first-order valence-electron chi connectivity index (χ1n) is 7.95. The van der Waals surface area contributed by atoms with E-state index in [4.69, 9.17) is 0 Å². The van der Waals surface area contributed by atoms with Crippen LogP contribution in [0.1, 0.15) is 45.1 Å². The summed E-state index contributed by atoms with van der Waals surface area (Å²) >= 11 is 0. The fourth-order valence-electron chi connectivity index (χ4n) is 2.92. The maximum absolute atomic E-state index is 13.0. The highest BCUT2D eigenvalue weighted by atomic mass is 32.2. The Morgan fingerprint density at radius 1 is 1.22 bits per heavy atom. The van der Waals surface area contributed by atoms with E-state index in [2.05, 4.69) is 5.32 Å². The third kappa shape index (κ3) is 4.77. The average Bonchev–Trinajstić information content (AvgIpc) is 3.00. The molecule has 0 heterocycles. The van der Waals surface area contributed by atoms with Crippen molar-refractivity contribution in [2.45, 2.75) is 50.2 Å². The summed E-state index contributed by atoms with van der Waals surface area (Å²) in [4.78, 5) is 12.0. The average molecular weight is 341 g/mol. The van der Waals surface area contributed by atoms with Gasteiger partial charge in [-0.1, -0.05) is 38.8 Å². The number of rotatable bonds is 6. The monoisotopic (exact) mass is 341 g/mol. The largest absolute Gasteiger partial charge is 0.354 e. The smallest absolute Gasteiger partial charge is 0.235 e. The first-order chi connectivity index (χ1) is 10.7. The van der Waals surface area contributed by atoms with E-state index in [0.717, 1.165) is 18.4 Å². The lowest BCUT2D eigenvalue weighted by Gasteiger charge is -2.25. The van der Waals surface area contributed by atoms with E-state index >= 15 is 0 Å². The van der Waals surface area contributed by atoms with Gasteiger partial charge in [0, 0.05) is 12.0 Å². The fourth-order valence-corrected chi connectivity index (χ4v) is 4.68. The lowest BCUT2D eigenvalue weighted by Crippen LogP contribution is -2.40. The number of nitrogens with one attached hydrogen (secondary N) is 1. The number of hydrogen-bond acceptors (Lipinski definition) is 3. The number of sulfone groups is 1. The van der Waals surface area contributed by atoms with Gasteiger partial charge in [0.05, 0.1) is 5.25 Å². The molecule has 1 amide bonds. The van der Waals surface area contributed by atoms with E-state index in [9.17, 15) is 17.6 Å². The Morgan fingerprint density at radius 2 is 1.78 bits per heavy atom. The standard InChI is InChI=1S/C17H24FNO3S/c1-17(2,13-7-9-14(18)10-8-13)12-19-16(20)11-23(21,22)15-5-3-4-6-15/h7-10,15H,3-6,11-12H2,1-2H3,(H,19,20). The molecule has 0 aromatic heterocycles. The molecule has 1 fully saturated rings. The number of carbonyl (C=O) groups is 1. The highest BCUT2D eigenvalue weighted by Crippen LogP contribution is 2.25. The summed E-state index contributed by atoms with van der Waals surface area (Å²) in [7, 11) is -3.36. The quantitative estimate of drug-likeness (QED) is 0.865. The minimum atomic E-state index is -3.36. The van der Waals surface area contributed by atoms with Gasteiger partial charge < -0.3 is 5.32 Å². The second-order valence-electron chi connectivity index (χ2n) is 6.88. The van der Waals surface area contributed by atoms with Gasteiger partial charge >= 0.3 is 0 Å².